The first kappa shape index (κ1) is 14.6. The van der Waals surface area contributed by atoms with Gasteiger partial charge in [-0.2, -0.15) is 0 Å². The quantitative estimate of drug-likeness (QED) is 0.909. The minimum absolute atomic E-state index is 0.643. The Hall–Kier alpha value is -1.82. The van der Waals surface area contributed by atoms with Crippen LogP contribution in [0, 0.1) is 0 Å². The molecule has 0 bridgehead atoms. The molecule has 0 atom stereocenters. The molecule has 0 aliphatic carbocycles. The molecule has 0 aliphatic rings. The van der Waals surface area contributed by atoms with Gasteiger partial charge in [0.15, 0.2) is 11.6 Å². The second-order valence-corrected chi connectivity index (χ2v) is 5.13. The molecule has 1 heterocycles. The van der Waals surface area contributed by atoms with Crippen molar-refractivity contribution in [1.29, 1.82) is 0 Å². The summed E-state index contributed by atoms with van der Waals surface area (Å²) in [5.74, 6) is 2.07. The van der Waals surface area contributed by atoms with Gasteiger partial charge in [0.25, 0.3) is 0 Å². The van der Waals surface area contributed by atoms with Crippen LogP contribution in [0.4, 0.5) is 11.6 Å². The lowest BCUT2D eigenvalue weighted by molar-refractivity contribution is 0.413. The van der Waals surface area contributed by atoms with E-state index in [1.54, 1.807) is 7.11 Å². The van der Waals surface area contributed by atoms with E-state index in [1.807, 2.05) is 37.2 Å². The van der Waals surface area contributed by atoms with Crippen molar-refractivity contribution >= 4 is 27.6 Å². The molecule has 2 rings (SSSR count). The van der Waals surface area contributed by atoms with Crippen molar-refractivity contribution in [3.05, 3.63) is 40.6 Å². The van der Waals surface area contributed by atoms with Gasteiger partial charge in [-0.25, -0.2) is 9.97 Å². The first-order valence-electron chi connectivity index (χ1n) is 6.18. The van der Waals surface area contributed by atoms with Crippen LogP contribution >= 0.6 is 15.9 Å². The zero-order valence-corrected chi connectivity index (χ0v) is 13.3. The van der Waals surface area contributed by atoms with E-state index in [9.17, 15) is 0 Å². The molecule has 0 radical (unpaired) electrons. The van der Waals surface area contributed by atoms with Gasteiger partial charge in [0.1, 0.15) is 6.33 Å². The van der Waals surface area contributed by atoms with Crippen LogP contribution in [-0.2, 0) is 6.54 Å². The topological polar surface area (TPSA) is 50.3 Å². The zero-order valence-electron chi connectivity index (χ0n) is 11.7. The van der Waals surface area contributed by atoms with Crippen molar-refractivity contribution in [1.82, 2.24) is 9.97 Å². The third kappa shape index (κ3) is 3.01. The van der Waals surface area contributed by atoms with Gasteiger partial charge in [-0.1, -0.05) is 34.1 Å². The fourth-order valence-corrected chi connectivity index (χ4v) is 2.37. The molecular weight excluding hydrogens is 320 g/mol. The molecule has 2 aromatic rings. The highest BCUT2D eigenvalue weighted by atomic mass is 79.9. The predicted octanol–water partition coefficient (Wildman–Crippen LogP) is 2.93. The molecule has 6 heteroatoms. The van der Waals surface area contributed by atoms with Crippen LogP contribution in [-0.4, -0.2) is 31.2 Å². The maximum absolute atomic E-state index is 5.42. The second kappa shape index (κ2) is 6.56. The normalized spacial score (nSPS) is 10.2. The van der Waals surface area contributed by atoms with Gasteiger partial charge in [0.2, 0.25) is 5.75 Å². The molecule has 0 saturated carbocycles. The molecule has 0 aliphatic heterocycles. The molecule has 1 aromatic carbocycles. The summed E-state index contributed by atoms with van der Waals surface area (Å²) in [6, 6.07) is 8.12. The Morgan fingerprint density at radius 2 is 2.05 bits per heavy atom. The fourth-order valence-electron chi connectivity index (χ4n) is 1.96. The Morgan fingerprint density at radius 3 is 2.70 bits per heavy atom. The number of methoxy groups -OCH3 is 1. The second-order valence-electron chi connectivity index (χ2n) is 4.28. The number of nitrogens with one attached hydrogen (secondary N) is 1. The zero-order chi connectivity index (χ0) is 14.5. The highest BCUT2D eigenvalue weighted by molar-refractivity contribution is 9.10. The number of hydrogen-bond donors (Lipinski definition) is 1. The maximum Gasteiger partial charge on any atom is 0.204 e. The number of anilines is 2. The third-order valence-corrected chi connectivity index (χ3v) is 3.73. The molecule has 0 amide bonds. The van der Waals surface area contributed by atoms with E-state index in [2.05, 4.69) is 37.3 Å². The van der Waals surface area contributed by atoms with Gasteiger partial charge in [-0.05, 0) is 11.6 Å². The summed E-state index contributed by atoms with van der Waals surface area (Å²) in [7, 11) is 5.40. The first-order chi connectivity index (χ1) is 9.67. The lowest BCUT2D eigenvalue weighted by Crippen LogP contribution is -2.19. The molecule has 1 aromatic heterocycles. The Kier molecular flexibility index (Phi) is 4.79. The van der Waals surface area contributed by atoms with Crippen LogP contribution in [0.3, 0.4) is 0 Å². The number of nitrogens with zero attached hydrogens (tertiary/aromatic N) is 3. The van der Waals surface area contributed by atoms with Gasteiger partial charge in [-0.15, -0.1) is 0 Å². The van der Waals surface area contributed by atoms with E-state index < -0.39 is 0 Å². The number of halogens is 1. The van der Waals surface area contributed by atoms with Crippen molar-refractivity contribution < 1.29 is 4.74 Å². The highest BCUT2D eigenvalue weighted by Crippen LogP contribution is 2.32. The van der Waals surface area contributed by atoms with Crippen LogP contribution in [0.25, 0.3) is 0 Å². The van der Waals surface area contributed by atoms with Crippen LogP contribution in [0.2, 0.25) is 0 Å². The van der Waals surface area contributed by atoms with Gasteiger partial charge >= 0.3 is 0 Å². The monoisotopic (exact) mass is 336 g/mol. The molecule has 5 nitrogen and oxygen atoms in total. The average molecular weight is 337 g/mol. The summed E-state index contributed by atoms with van der Waals surface area (Å²) < 4.78 is 6.49. The van der Waals surface area contributed by atoms with Gasteiger partial charge in [0.05, 0.1) is 7.11 Å². The largest absolute Gasteiger partial charge is 0.490 e. The summed E-state index contributed by atoms with van der Waals surface area (Å²) in [6.45, 7) is 0.720. The third-order valence-electron chi connectivity index (χ3n) is 2.95. The Bertz CT molecular complexity index is 591. The van der Waals surface area contributed by atoms with E-state index in [0.717, 1.165) is 16.8 Å². The number of aromatic nitrogens is 2. The standard InChI is InChI=1S/C14H17BrN4O/c1-16-13-12(20-3)14(18-9-17-13)19(2)8-10-6-4-5-7-11(10)15/h4-7,9H,8H2,1-3H3,(H,16,17,18). The molecule has 1 N–H and O–H groups in total. The minimum atomic E-state index is 0.643. The van der Waals surface area contributed by atoms with Crippen molar-refractivity contribution in [2.45, 2.75) is 6.54 Å². The molecule has 0 fully saturated rings. The van der Waals surface area contributed by atoms with Crippen molar-refractivity contribution in [3.8, 4) is 5.75 Å². The number of ether oxygens (including phenoxy) is 1. The van der Waals surface area contributed by atoms with Crippen molar-refractivity contribution in [2.75, 3.05) is 31.4 Å². The average Bonchev–Trinajstić information content (AvgIpc) is 2.48. The number of rotatable bonds is 5. The lowest BCUT2D eigenvalue weighted by Gasteiger charge is -2.22. The highest BCUT2D eigenvalue weighted by Gasteiger charge is 2.15. The molecular formula is C14H17BrN4O. The molecule has 106 valence electrons. The maximum atomic E-state index is 5.42. The molecule has 0 spiro atoms. The van der Waals surface area contributed by atoms with Crippen LogP contribution < -0.4 is 15.0 Å². The van der Waals surface area contributed by atoms with Gasteiger partial charge in [-0.3, -0.25) is 0 Å². The summed E-state index contributed by atoms with van der Waals surface area (Å²) in [5, 5.41) is 3.00. The van der Waals surface area contributed by atoms with E-state index in [-0.39, 0.29) is 0 Å². The van der Waals surface area contributed by atoms with Crippen molar-refractivity contribution in [2.24, 2.45) is 0 Å². The van der Waals surface area contributed by atoms with E-state index >= 15 is 0 Å². The van der Waals surface area contributed by atoms with Gasteiger partial charge in [0, 0.05) is 25.1 Å². The Morgan fingerprint density at radius 1 is 1.30 bits per heavy atom. The molecule has 0 saturated heterocycles. The lowest BCUT2D eigenvalue weighted by atomic mass is 10.2. The van der Waals surface area contributed by atoms with Crippen LogP contribution in [0.1, 0.15) is 5.56 Å². The summed E-state index contributed by atoms with van der Waals surface area (Å²) >= 11 is 3.56. The van der Waals surface area contributed by atoms with Crippen LogP contribution in [0.15, 0.2) is 35.1 Å². The van der Waals surface area contributed by atoms with E-state index in [0.29, 0.717) is 11.6 Å². The van der Waals surface area contributed by atoms with E-state index in [4.69, 9.17) is 4.74 Å². The smallest absolute Gasteiger partial charge is 0.204 e. The SMILES string of the molecule is CNc1ncnc(N(C)Cc2ccccc2Br)c1OC. The molecule has 20 heavy (non-hydrogen) atoms. The first-order valence-corrected chi connectivity index (χ1v) is 6.98. The summed E-state index contributed by atoms with van der Waals surface area (Å²) in [6.07, 6.45) is 1.53. The van der Waals surface area contributed by atoms with E-state index in [1.165, 1.54) is 11.9 Å². The predicted molar refractivity (Wildman–Crippen MR) is 84.4 cm³/mol. The van der Waals surface area contributed by atoms with Crippen molar-refractivity contribution in [3.63, 3.8) is 0 Å². The Labute approximate surface area is 127 Å². The Balaban J connectivity index is 2.30. The summed E-state index contributed by atoms with van der Waals surface area (Å²) in [4.78, 5) is 10.5. The summed E-state index contributed by atoms with van der Waals surface area (Å²) in [5.41, 5.74) is 1.18. The fraction of sp³-hybridized carbons (Fsp3) is 0.286. The number of hydrogen-bond acceptors (Lipinski definition) is 5. The van der Waals surface area contributed by atoms with Gasteiger partial charge < -0.3 is 15.0 Å². The molecule has 0 unspecified atom stereocenters. The number of benzene rings is 1. The van der Waals surface area contributed by atoms with Crippen LogP contribution in [0.5, 0.6) is 5.75 Å². The minimum Gasteiger partial charge on any atom is -0.490 e.